The summed E-state index contributed by atoms with van der Waals surface area (Å²) in [7, 11) is 0. The van der Waals surface area contributed by atoms with Gasteiger partial charge in [-0.25, -0.2) is 4.98 Å². The van der Waals surface area contributed by atoms with Crippen LogP contribution in [0.15, 0.2) is 28.7 Å². The Morgan fingerprint density at radius 2 is 2.20 bits per heavy atom. The lowest BCUT2D eigenvalue weighted by Crippen LogP contribution is -2.21. The van der Waals surface area contributed by atoms with Gasteiger partial charge in [-0.05, 0) is 25.0 Å². The SMILES string of the molecule is CC(C)NCc1sc(-c2cccc(Br)c2)nc1C1CC1. The second-order valence-electron chi connectivity index (χ2n) is 5.65. The van der Waals surface area contributed by atoms with Gasteiger partial charge in [0.2, 0.25) is 0 Å². The topological polar surface area (TPSA) is 24.9 Å². The first kappa shape index (κ1) is 14.2. The Morgan fingerprint density at radius 1 is 1.40 bits per heavy atom. The summed E-state index contributed by atoms with van der Waals surface area (Å²) in [6, 6.07) is 8.93. The van der Waals surface area contributed by atoms with Crippen LogP contribution in [0.25, 0.3) is 10.6 Å². The average molecular weight is 351 g/mol. The Balaban J connectivity index is 1.90. The minimum atomic E-state index is 0.512. The second kappa shape index (κ2) is 5.96. The molecule has 0 radical (unpaired) electrons. The van der Waals surface area contributed by atoms with Crippen LogP contribution >= 0.6 is 27.3 Å². The summed E-state index contributed by atoms with van der Waals surface area (Å²) in [5, 5.41) is 4.67. The first-order chi connectivity index (χ1) is 9.63. The quantitative estimate of drug-likeness (QED) is 0.825. The number of aromatic nitrogens is 1. The predicted molar refractivity (Wildman–Crippen MR) is 89.2 cm³/mol. The van der Waals surface area contributed by atoms with Gasteiger partial charge in [0, 0.05) is 33.4 Å². The molecule has 3 rings (SSSR count). The van der Waals surface area contributed by atoms with Crippen molar-refractivity contribution in [3.63, 3.8) is 0 Å². The third-order valence-electron chi connectivity index (χ3n) is 3.43. The summed E-state index contributed by atoms with van der Waals surface area (Å²) in [6.07, 6.45) is 2.60. The van der Waals surface area contributed by atoms with E-state index < -0.39 is 0 Å². The maximum absolute atomic E-state index is 4.92. The molecule has 2 nitrogen and oxygen atoms in total. The molecule has 1 saturated carbocycles. The van der Waals surface area contributed by atoms with Gasteiger partial charge in [0.15, 0.2) is 0 Å². The van der Waals surface area contributed by atoms with E-state index in [4.69, 9.17) is 4.98 Å². The van der Waals surface area contributed by atoms with Crippen LogP contribution < -0.4 is 5.32 Å². The normalized spacial score (nSPS) is 15.0. The lowest BCUT2D eigenvalue weighted by Gasteiger charge is -2.07. The molecule has 0 saturated heterocycles. The van der Waals surface area contributed by atoms with Crippen molar-refractivity contribution in [1.29, 1.82) is 0 Å². The highest BCUT2D eigenvalue weighted by atomic mass is 79.9. The van der Waals surface area contributed by atoms with Crippen LogP contribution in [0.1, 0.15) is 43.2 Å². The lowest BCUT2D eigenvalue weighted by molar-refractivity contribution is 0.590. The van der Waals surface area contributed by atoms with Crippen molar-refractivity contribution in [2.24, 2.45) is 0 Å². The smallest absolute Gasteiger partial charge is 0.123 e. The van der Waals surface area contributed by atoms with Gasteiger partial charge in [-0.3, -0.25) is 0 Å². The fourth-order valence-electron chi connectivity index (χ4n) is 2.21. The van der Waals surface area contributed by atoms with Crippen LogP contribution in [0.2, 0.25) is 0 Å². The van der Waals surface area contributed by atoms with Crippen LogP contribution in [0.4, 0.5) is 0 Å². The number of thiazole rings is 1. The molecule has 0 aliphatic heterocycles. The number of benzene rings is 1. The molecule has 1 aromatic carbocycles. The van der Waals surface area contributed by atoms with Crippen molar-refractivity contribution in [2.75, 3.05) is 0 Å². The molecule has 1 fully saturated rings. The summed E-state index contributed by atoms with van der Waals surface area (Å²) in [4.78, 5) is 6.33. The van der Waals surface area contributed by atoms with Gasteiger partial charge in [-0.1, -0.05) is 41.9 Å². The highest BCUT2D eigenvalue weighted by molar-refractivity contribution is 9.10. The maximum atomic E-state index is 4.92. The molecule has 1 aromatic heterocycles. The summed E-state index contributed by atoms with van der Waals surface area (Å²) in [5.41, 5.74) is 2.54. The molecule has 0 amide bonds. The molecule has 1 N–H and O–H groups in total. The van der Waals surface area contributed by atoms with Crippen LogP contribution in [-0.2, 0) is 6.54 Å². The maximum Gasteiger partial charge on any atom is 0.123 e. The molecule has 106 valence electrons. The molecular formula is C16H19BrN2S. The first-order valence-electron chi connectivity index (χ1n) is 7.12. The van der Waals surface area contributed by atoms with E-state index in [-0.39, 0.29) is 0 Å². The van der Waals surface area contributed by atoms with Crippen molar-refractivity contribution in [3.05, 3.63) is 39.3 Å². The highest BCUT2D eigenvalue weighted by Crippen LogP contribution is 2.44. The molecule has 0 spiro atoms. The molecule has 4 heteroatoms. The predicted octanol–water partition coefficient (Wildman–Crippen LogP) is 4.95. The van der Waals surface area contributed by atoms with Gasteiger partial charge in [-0.15, -0.1) is 11.3 Å². The third-order valence-corrected chi connectivity index (χ3v) is 5.05. The standard InChI is InChI=1S/C16H19BrN2S/c1-10(2)18-9-14-15(11-6-7-11)19-16(20-14)12-4-3-5-13(17)8-12/h3-5,8,10-11,18H,6-7,9H2,1-2H3. The van der Waals surface area contributed by atoms with Crippen LogP contribution in [-0.4, -0.2) is 11.0 Å². The van der Waals surface area contributed by atoms with Crippen molar-refractivity contribution < 1.29 is 0 Å². The summed E-state index contributed by atoms with van der Waals surface area (Å²) < 4.78 is 1.11. The minimum absolute atomic E-state index is 0.512. The molecule has 20 heavy (non-hydrogen) atoms. The molecule has 0 bridgehead atoms. The lowest BCUT2D eigenvalue weighted by atomic mass is 10.2. The number of nitrogens with one attached hydrogen (secondary N) is 1. The molecule has 1 aliphatic rings. The number of nitrogens with zero attached hydrogens (tertiary/aromatic N) is 1. The van der Waals surface area contributed by atoms with E-state index in [1.54, 1.807) is 0 Å². The van der Waals surface area contributed by atoms with Crippen molar-refractivity contribution in [3.8, 4) is 10.6 Å². The fraction of sp³-hybridized carbons (Fsp3) is 0.438. The molecule has 1 heterocycles. The van der Waals surface area contributed by atoms with Crippen LogP contribution in [0, 0.1) is 0 Å². The summed E-state index contributed by atoms with van der Waals surface area (Å²) in [6.45, 7) is 5.31. The zero-order valence-electron chi connectivity index (χ0n) is 11.8. The van der Waals surface area contributed by atoms with Crippen molar-refractivity contribution in [2.45, 2.75) is 45.2 Å². The second-order valence-corrected chi connectivity index (χ2v) is 7.65. The Labute approximate surface area is 132 Å². The number of hydrogen-bond acceptors (Lipinski definition) is 3. The summed E-state index contributed by atoms with van der Waals surface area (Å²) in [5.74, 6) is 0.705. The Bertz CT molecular complexity index is 602. The highest BCUT2D eigenvalue weighted by Gasteiger charge is 2.29. The van der Waals surface area contributed by atoms with E-state index in [0.29, 0.717) is 12.0 Å². The molecule has 0 unspecified atom stereocenters. The minimum Gasteiger partial charge on any atom is -0.310 e. The zero-order chi connectivity index (χ0) is 14.1. The van der Waals surface area contributed by atoms with E-state index in [1.807, 2.05) is 11.3 Å². The Morgan fingerprint density at radius 3 is 2.85 bits per heavy atom. The van der Waals surface area contributed by atoms with Gasteiger partial charge < -0.3 is 5.32 Å². The largest absolute Gasteiger partial charge is 0.310 e. The monoisotopic (exact) mass is 350 g/mol. The van der Waals surface area contributed by atoms with Crippen LogP contribution in [0.3, 0.4) is 0 Å². The number of rotatable bonds is 5. The van der Waals surface area contributed by atoms with Crippen molar-refractivity contribution >= 4 is 27.3 Å². The molecule has 1 aliphatic carbocycles. The number of hydrogen-bond donors (Lipinski definition) is 1. The zero-order valence-corrected chi connectivity index (χ0v) is 14.2. The molecular weight excluding hydrogens is 332 g/mol. The van der Waals surface area contributed by atoms with Gasteiger partial charge in [0.1, 0.15) is 5.01 Å². The van der Waals surface area contributed by atoms with Gasteiger partial charge >= 0.3 is 0 Å². The van der Waals surface area contributed by atoms with Gasteiger partial charge in [0.25, 0.3) is 0 Å². The first-order valence-corrected chi connectivity index (χ1v) is 8.73. The van der Waals surface area contributed by atoms with Crippen LogP contribution in [0.5, 0.6) is 0 Å². The Kier molecular flexibility index (Phi) is 4.24. The number of halogens is 1. The Hall–Kier alpha value is -0.710. The molecule has 0 atom stereocenters. The van der Waals surface area contributed by atoms with Gasteiger partial charge in [-0.2, -0.15) is 0 Å². The van der Waals surface area contributed by atoms with Gasteiger partial charge in [0.05, 0.1) is 5.69 Å². The van der Waals surface area contributed by atoms with E-state index in [1.165, 1.54) is 29.0 Å². The van der Waals surface area contributed by atoms with E-state index in [0.717, 1.165) is 16.0 Å². The van der Waals surface area contributed by atoms with E-state index in [9.17, 15) is 0 Å². The summed E-state index contributed by atoms with van der Waals surface area (Å²) >= 11 is 5.38. The molecule has 2 aromatic rings. The average Bonchev–Trinajstić information content (AvgIpc) is 3.16. The van der Waals surface area contributed by atoms with E-state index >= 15 is 0 Å². The third kappa shape index (κ3) is 3.30. The van der Waals surface area contributed by atoms with E-state index in [2.05, 4.69) is 59.4 Å². The van der Waals surface area contributed by atoms with Crippen molar-refractivity contribution in [1.82, 2.24) is 10.3 Å². The fourth-order valence-corrected chi connectivity index (χ4v) is 3.70.